The predicted octanol–water partition coefficient (Wildman–Crippen LogP) is 0.579. The number of anilines is 1. The van der Waals surface area contributed by atoms with E-state index in [0.717, 1.165) is 0 Å². The molecule has 0 spiro atoms. The van der Waals surface area contributed by atoms with Crippen LogP contribution >= 0.6 is 0 Å². The van der Waals surface area contributed by atoms with Gasteiger partial charge in [-0.25, -0.2) is 19.7 Å². The molecule has 364 valence electrons. The molecule has 6 saturated heterocycles. The van der Waals surface area contributed by atoms with E-state index in [4.69, 9.17) is 15.9 Å². The third-order valence-corrected chi connectivity index (χ3v) is 13.8. The van der Waals surface area contributed by atoms with E-state index in [2.05, 4.69) is 30.9 Å². The molecule has 6 aromatic rings. The topological polar surface area (TPSA) is 390 Å². The van der Waals surface area contributed by atoms with E-state index in [9.17, 15) is 63.4 Å². The number of nitro groups is 2. The van der Waals surface area contributed by atoms with Crippen molar-refractivity contribution in [2.75, 3.05) is 5.73 Å². The third-order valence-electron chi connectivity index (χ3n) is 13.8. The summed E-state index contributed by atoms with van der Waals surface area (Å²) in [7, 11) is 0. The van der Waals surface area contributed by atoms with Gasteiger partial charge in [0.2, 0.25) is 23.6 Å². The van der Waals surface area contributed by atoms with Crippen molar-refractivity contribution in [3.05, 3.63) is 123 Å². The molecule has 0 atom stereocenters. The van der Waals surface area contributed by atoms with Crippen LogP contribution in [-0.2, 0) is 39.8 Å². The number of nitrogens with zero attached hydrogens (tertiary/aromatic N) is 7. The summed E-state index contributed by atoms with van der Waals surface area (Å²) in [4.78, 5) is 140. The normalized spacial score (nSPS) is 25.3. The van der Waals surface area contributed by atoms with Crippen LogP contribution in [0.5, 0.6) is 0 Å². The molecule has 0 radical (unpaired) electrons. The number of nitrogens with one attached hydrogen (secondary N) is 3. The molecule has 0 unspecified atom stereocenters. The summed E-state index contributed by atoms with van der Waals surface area (Å²) in [6, 6.07) is 13.6. The second-order valence-electron chi connectivity index (χ2n) is 18.2. The maximum absolute atomic E-state index is 13.0. The first-order valence-corrected chi connectivity index (χ1v) is 21.9. The van der Waals surface area contributed by atoms with E-state index in [1.807, 2.05) is 0 Å². The zero-order valence-electron chi connectivity index (χ0n) is 37.7. The smallest absolute Gasteiger partial charge is 0.353 e. The average molecular weight is 973 g/mol. The lowest BCUT2D eigenvalue weighted by Gasteiger charge is -2.50. The van der Waals surface area contributed by atoms with Crippen LogP contribution < -0.4 is 44.2 Å². The Morgan fingerprint density at radius 3 is 1.41 bits per heavy atom. The summed E-state index contributed by atoms with van der Waals surface area (Å²) in [5.74, 6) is -1.66. The lowest BCUT2D eigenvalue weighted by molar-refractivity contribution is -0.383. The first-order valence-electron chi connectivity index (χ1n) is 21.9. The standard InChI is InChI=1S/C15H12N4O5.C15H14N4O3.C9H6N2O4.C6H8N2O2/c1-7-16-9-3-2-4-10(19(23)24)11(9)13(21)18(7)15-5-8(6-15)12(20)17-14(15)22;1-7-17-10-4-2-3-9(16)11(10)13(21)19(7)15-5-8(6-15)12(20)18-14(15)22;1-5-10-6-3-2-4-7(11(13)14)8(6)9(12)15-5;7-6-1-3(2-6)4(9)8-5(6)10/h2-4,8H,5-6H2,1H3,(H,17,20,22);2-4,8H,5-6,16H2,1H3,(H,18,20,22);2-4H,1H3;3H,1-2,7H2,(H,8,9,10). The third kappa shape index (κ3) is 7.45. The predicted molar refractivity (Wildman–Crippen MR) is 245 cm³/mol. The van der Waals surface area contributed by atoms with Gasteiger partial charge in [-0.15, -0.1) is 0 Å². The Bertz CT molecular complexity index is 3620. The molecule has 3 aliphatic carbocycles. The zero-order chi connectivity index (χ0) is 51.2. The minimum absolute atomic E-state index is 0.00250. The molecule has 26 heteroatoms. The Balaban J connectivity index is 0.000000123. The number of nitrogens with two attached hydrogens (primary N) is 2. The molecule has 15 rings (SSSR count). The molecular formula is C45H40N12O14. The van der Waals surface area contributed by atoms with Crippen LogP contribution in [0, 0.1) is 58.8 Å². The lowest BCUT2D eigenvalue weighted by atomic mass is 9.64. The zero-order valence-corrected chi connectivity index (χ0v) is 37.7. The maximum Gasteiger partial charge on any atom is 0.353 e. The van der Waals surface area contributed by atoms with Crippen LogP contribution in [0.25, 0.3) is 32.7 Å². The van der Waals surface area contributed by atoms with E-state index >= 15 is 0 Å². The van der Waals surface area contributed by atoms with E-state index in [-0.39, 0.29) is 105 Å². The maximum atomic E-state index is 13.0. The minimum atomic E-state index is -1.19. The van der Waals surface area contributed by atoms with E-state index in [1.54, 1.807) is 32.0 Å². The second-order valence-corrected chi connectivity index (χ2v) is 18.2. The van der Waals surface area contributed by atoms with Gasteiger partial charge >= 0.3 is 5.63 Å². The molecule has 6 amide bonds. The van der Waals surface area contributed by atoms with Crippen molar-refractivity contribution < 1.29 is 43.0 Å². The number of benzene rings is 3. The number of non-ortho nitro benzene ring substituents is 2. The van der Waals surface area contributed by atoms with Crippen molar-refractivity contribution in [2.24, 2.45) is 23.5 Å². The Labute approximate surface area is 396 Å². The number of imide groups is 3. The van der Waals surface area contributed by atoms with Crippen LogP contribution in [-0.4, -0.2) is 74.9 Å². The summed E-state index contributed by atoms with van der Waals surface area (Å²) < 4.78 is 7.33. The highest BCUT2D eigenvalue weighted by molar-refractivity contribution is 6.08. The van der Waals surface area contributed by atoms with Crippen LogP contribution in [0.15, 0.2) is 73.4 Å². The molecule has 9 heterocycles. The molecule has 3 aromatic heterocycles. The molecule has 26 nitrogen and oxygen atoms in total. The number of hydrogen-bond donors (Lipinski definition) is 5. The molecular weight excluding hydrogens is 933 g/mol. The number of rotatable bonds is 4. The highest BCUT2D eigenvalue weighted by atomic mass is 16.6. The SMILES string of the molecule is Cc1nc2cccc(N)c2c(=O)n1C12CC(C1)C(=O)NC2=O.Cc1nc2cccc([N+](=O)[O-])c2c(=O)n1C12CC(C1)C(=O)NC2=O.Cc1nc2cccc([N+](=O)[O-])c2c(=O)o1.NC12CC(C1)C(=O)NC2=O. The monoisotopic (exact) mass is 972 g/mol. The summed E-state index contributed by atoms with van der Waals surface area (Å²) in [5.41, 5.74) is 7.59. The van der Waals surface area contributed by atoms with Gasteiger partial charge in [-0.1, -0.05) is 18.2 Å². The number of amides is 6. The van der Waals surface area contributed by atoms with Crippen molar-refractivity contribution in [3.63, 3.8) is 0 Å². The quantitative estimate of drug-likeness (QED) is 0.0698. The van der Waals surface area contributed by atoms with Gasteiger partial charge in [-0.05, 0) is 76.6 Å². The van der Waals surface area contributed by atoms with Gasteiger partial charge in [-0.3, -0.25) is 83.7 Å². The van der Waals surface area contributed by atoms with Crippen molar-refractivity contribution in [1.29, 1.82) is 0 Å². The number of nitro benzene ring substituents is 2. The summed E-state index contributed by atoms with van der Waals surface area (Å²) in [5, 5.41) is 28.8. The fraction of sp³-hybridized carbons (Fsp3) is 0.333. The Morgan fingerprint density at radius 1 is 0.577 bits per heavy atom. The largest absolute Gasteiger partial charge is 0.408 e. The highest BCUT2D eigenvalue weighted by Crippen LogP contribution is 2.48. The van der Waals surface area contributed by atoms with Crippen molar-refractivity contribution >= 4 is 85.2 Å². The van der Waals surface area contributed by atoms with Gasteiger partial charge < -0.3 is 15.9 Å². The van der Waals surface area contributed by atoms with Crippen LogP contribution in [0.4, 0.5) is 17.1 Å². The number of fused-ring (bicyclic) bond motifs is 9. The van der Waals surface area contributed by atoms with Gasteiger partial charge in [0.15, 0.2) is 11.3 Å². The first kappa shape index (κ1) is 47.1. The molecule has 9 aliphatic rings. The van der Waals surface area contributed by atoms with E-state index in [1.165, 1.54) is 52.5 Å². The molecule has 6 bridgehead atoms. The number of nitrogen functional groups attached to an aromatic ring is 1. The molecule has 7 N–H and O–H groups in total. The van der Waals surface area contributed by atoms with Gasteiger partial charge in [0, 0.05) is 42.5 Å². The van der Waals surface area contributed by atoms with Crippen LogP contribution in [0.2, 0.25) is 0 Å². The summed E-state index contributed by atoms with van der Waals surface area (Å²) in [6.07, 6.45) is 2.20. The fourth-order valence-electron chi connectivity index (χ4n) is 10.2. The van der Waals surface area contributed by atoms with Gasteiger partial charge in [0.25, 0.3) is 34.3 Å². The summed E-state index contributed by atoms with van der Waals surface area (Å²) in [6.45, 7) is 4.78. The Kier molecular flexibility index (Phi) is 11.0. The molecule has 71 heavy (non-hydrogen) atoms. The van der Waals surface area contributed by atoms with Crippen LogP contribution in [0.3, 0.4) is 0 Å². The van der Waals surface area contributed by atoms with E-state index < -0.39 is 49.5 Å². The Hall–Kier alpha value is -8.94. The molecule has 3 aromatic carbocycles. The van der Waals surface area contributed by atoms with Crippen molar-refractivity contribution in [1.82, 2.24) is 40.0 Å². The average Bonchev–Trinajstić information content (AvgIpc) is 3.25. The number of piperidine rings is 6. The minimum Gasteiger partial charge on any atom is -0.408 e. The highest BCUT2D eigenvalue weighted by Gasteiger charge is 2.61. The number of aryl methyl sites for hydroxylation is 3. The van der Waals surface area contributed by atoms with Gasteiger partial charge in [0.1, 0.15) is 28.1 Å². The fourth-order valence-corrected chi connectivity index (χ4v) is 10.2. The van der Waals surface area contributed by atoms with Crippen LogP contribution in [0.1, 0.15) is 56.1 Å². The van der Waals surface area contributed by atoms with Gasteiger partial charge in [0.05, 0.1) is 37.3 Å². The molecule has 3 saturated carbocycles. The van der Waals surface area contributed by atoms with Crippen molar-refractivity contribution in [2.45, 2.75) is 75.9 Å². The second kappa shape index (κ2) is 16.6. The van der Waals surface area contributed by atoms with Crippen molar-refractivity contribution in [3.8, 4) is 0 Å². The number of hydrogen-bond acceptors (Lipinski definition) is 19. The summed E-state index contributed by atoms with van der Waals surface area (Å²) >= 11 is 0. The molecule has 9 fully saturated rings. The first-order chi connectivity index (χ1) is 33.5. The Morgan fingerprint density at radius 2 is 0.972 bits per heavy atom. The lowest BCUT2D eigenvalue weighted by Crippen LogP contribution is -2.70. The molecule has 6 aliphatic heterocycles. The number of carbonyl (C=O) groups is 6. The van der Waals surface area contributed by atoms with E-state index in [0.29, 0.717) is 48.1 Å². The number of carbonyl (C=O) groups excluding carboxylic acids is 6. The van der Waals surface area contributed by atoms with Gasteiger partial charge in [-0.2, -0.15) is 0 Å². The number of aromatic nitrogens is 5.